The summed E-state index contributed by atoms with van der Waals surface area (Å²) in [7, 11) is 0. The molecule has 3 rings (SSSR count). The third-order valence-electron chi connectivity index (χ3n) is 6.55. The van der Waals surface area contributed by atoms with E-state index >= 15 is 0 Å². The van der Waals surface area contributed by atoms with Gasteiger partial charge >= 0.3 is 0 Å². The molecule has 1 saturated heterocycles. The summed E-state index contributed by atoms with van der Waals surface area (Å²) >= 11 is 0. The minimum atomic E-state index is 0.309. The molecule has 3 atom stereocenters. The fraction of sp³-hybridized carbons (Fsp3) is 1.00. The molecule has 1 aliphatic heterocycles. The topological polar surface area (TPSA) is 29.3 Å². The maximum absolute atomic E-state index is 6.30. The molecule has 0 aromatic rings. The summed E-state index contributed by atoms with van der Waals surface area (Å²) < 4.78 is 0. The molecule has 0 bridgehead atoms. The van der Waals surface area contributed by atoms with Crippen molar-refractivity contribution in [2.75, 3.05) is 13.1 Å². The van der Waals surface area contributed by atoms with Crippen molar-refractivity contribution in [3.8, 4) is 0 Å². The smallest absolute Gasteiger partial charge is 0.0385 e. The second-order valence-corrected chi connectivity index (χ2v) is 7.57. The lowest BCUT2D eigenvalue weighted by molar-refractivity contribution is -0.0114. The number of likely N-dealkylation sites (tertiary alicyclic amines) is 1. The van der Waals surface area contributed by atoms with Gasteiger partial charge in [0.25, 0.3) is 0 Å². The van der Waals surface area contributed by atoms with Gasteiger partial charge < -0.3 is 5.73 Å². The molecule has 1 heterocycles. The molecule has 2 saturated carbocycles. The zero-order valence-electron chi connectivity index (χ0n) is 12.3. The van der Waals surface area contributed by atoms with Gasteiger partial charge in [0.1, 0.15) is 0 Å². The molecule has 2 heteroatoms. The SMILES string of the molecule is CC1(C)CCCC1(CN)N1CCC2CCCCC21. The zero-order valence-corrected chi connectivity index (χ0v) is 12.3. The normalized spacial score (nSPS) is 44.2. The van der Waals surface area contributed by atoms with Crippen LogP contribution >= 0.6 is 0 Å². The number of rotatable bonds is 2. The lowest BCUT2D eigenvalue weighted by atomic mass is 9.72. The van der Waals surface area contributed by atoms with E-state index in [1.54, 1.807) is 0 Å². The lowest BCUT2D eigenvalue weighted by Crippen LogP contribution is -2.61. The number of hydrogen-bond acceptors (Lipinski definition) is 2. The predicted molar refractivity (Wildman–Crippen MR) is 76.5 cm³/mol. The molecule has 2 N–H and O–H groups in total. The van der Waals surface area contributed by atoms with Gasteiger partial charge in [-0.25, -0.2) is 0 Å². The van der Waals surface area contributed by atoms with Crippen LogP contribution in [0.1, 0.15) is 65.2 Å². The molecular formula is C16H30N2. The number of nitrogens with zero attached hydrogens (tertiary/aromatic N) is 1. The average Bonchev–Trinajstić information content (AvgIpc) is 2.90. The average molecular weight is 250 g/mol. The standard InChI is InChI=1S/C16H30N2/c1-15(2)9-5-10-16(15,12-17)18-11-8-13-6-3-4-7-14(13)18/h13-14H,3-12,17H2,1-2H3. The highest BCUT2D eigenvalue weighted by molar-refractivity contribution is 5.11. The Kier molecular flexibility index (Phi) is 3.22. The molecule has 3 fully saturated rings. The van der Waals surface area contributed by atoms with Crippen molar-refractivity contribution in [1.82, 2.24) is 4.90 Å². The van der Waals surface area contributed by atoms with Crippen LogP contribution in [0.3, 0.4) is 0 Å². The van der Waals surface area contributed by atoms with Gasteiger partial charge in [0.2, 0.25) is 0 Å². The summed E-state index contributed by atoms with van der Waals surface area (Å²) in [5.41, 5.74) is 7.02. The Morgan fingerprint density at radius 1 is 1.06 bits per heavy atom. The van der Waals surface area contributed by atoms with Gasteiger partial charge in [0.15, 0.2) is 0 Å². The van der Waals surface area contributed by atoms with Crippen molar-refractivity contribution in [3.05, 3.63) is 0 Å². The molecule has 104 valence electrons. The Labute approximate surface area is 112 Å². The van der Waals surface area contributed by atoms with Gasteiger partial charge in [-0.3, -0.25) is 4.90 Å². The first-order valence-corrected chi connectivity index (χ1v) is 8.08. The Hall–Kier alpha value is -0.0800. The summed E-state index contributed by atoms with van der Waals surface area (Å²) in [5, 5.41) is 0. The largest absolute Gasteiger partial charge is 0.329 e. The fourth-order valence-corrected chi connectivity index (χ4v) is 5.36. The van der Waals surface area contributed by atoms with Crippen LogP contribution in [0.15, 0.2) is 0 Å². The predicted octanol–water partition coefficient (Wildman–Crippen LogP) is 3.16. The number of fused-ring (bicyclic) bond motifs is 1. The fourth-order valence-electron chi connectivity index (χ4n) is 5.36. The van der Waals surface area contributed by atoms with Crippen molar-refractivity contribution in [2.45, 2.75) is 76.8 Å². The zero-order chi connectivity index (χ0) is 12.8. The molecule has 18 heavy (non-hydrogen) atoms. The maximum Gasteiger partial charge on any atom is 0.0385 e. The summed E-state index contributed by atoms with van der Waals surface area (Å²) in [6.07, 6.45) is 11.3. The molecule has 3 aliphatic rings. The second kappa shape index (κ2) is 4.49. The van der Waals surface area contributed by atoms with Crippen LogP contribution in [-0.2, 0) is 0 Å². The van der Waals surface area contributed by atoms with E-state index in [-0.39, 0.29) is 0 Å². The summed E-state index contributed by atoms with van der Waals surface area (Å²) in [6.45, 7) is 7.10. The second-order valence-electron chi connectivity index (χ2n) is 7.57. The van der Waals surface area contributed by atoms with Crippen molar-refractivity contribution in [2.24, 2.45) is 17.1 Å². The Morgan fingerprint density at radius 3 is 2.50 bits per heavy atom. The van der Waals surface area contributed by atoms with E-state index in [1.165, 1.54) is 57.9 Å². The first-order valence-electron chi connectivity index (χ1n) is 8.08. The van der Waals surface area contributed by atoms with Gasteiger partial charge in [0, 0.05) is 18.1 Å². The van der Waals surface area contributed by atoms with E-state index in [0.29, 0.717) is 11.0 Å². The maximum atomic E-state index is 6.30. The Balaban J connectivity index is 1.88. The van der Waals surface area contributed by atoms with Crippen LogP contribution in [-0.4, -0.2) is 29.6 Å². The molecule has 2 nitrogen and oxygen atoms in total. The number of hydrogen-bond donors (Lipinski definition) is 1. The molecule has 0 aromatic heterocycles. The molecule has 0 aromatic carbocycles. The highest BCUT2D eigenvalue weighted by Crippen LogP contribution is 2.53. The van der Waals surface area contributed by atoms with E-state index < -0.39 is 0 Å². The van der Waals surface area contributed by atoms with Crippen molar-refractivity contribution in [3.63, 3.8) is 0 Å². The quantitative estimate of drug-likeness (QED) is 0.815. The molecular weight excluding hydrogens is 220 g/mol. The van der Waals surface area contributed by atoms with Crippen LogP contribution in [0, 0.1) is 11.3 Å². The van der Waals surface area contributed by atoms with E-state index in [9.17, 15) is 0 Å². The molecule has 0 radical (unpaired) electrons. The third-order valence-corrected chi connectivity index (χ3v) is 6.55. The van der Waals surface area contributed by atoms with Crippen LogP contribution in [0.2, 0.25) is 0 Å². The van der Waals surface area contributed by atoms with Crippen LogP contribution in [0.4, 0.5) is 0 Å². The molecule has 0 amide bonds. The van der Waals surface area contributed by atoms with E-state index in [2.05, 4.69) is 18.7 Å². The molecule has 0 spiro atoms. The van der Waals surface area contributed by atoms with E-state index in [1.807, 2.05) is 0 Å². The van der Waals surface area contributed by atoms with Crippen molar-refractivity contribution in [1.29, 1.82) is 0 Å². The highest BCUT2D eigenvalue weighted by Gasteiger charge is 2.55. The summed E-state index contributed by atoms with van der Waals surface area (Å²) in [5.74, 6) is 0.985. The van der Waals surface area contributed by atoms with Crippen molar-refractivity contribution >= 4 is 0 Å². The molecule has 2 aliphatic carbocycles. The Morgan fingerprint density at radius 2 is 1.83 bits per heavy atom. The first kappa shape index (κ1) is 12.9. The monoisotopic (exact) mass is 250 g/mol. The van der Waals surface area contributed by atoms with Gasteiger partial charge in [-0.15, -0.1) is 0 Å². The highest BCUT2D eigenvalue weighted by atomic mass is 15.3. The number of nitrogens with two attached hydrogens (primary N) is 1. The minimum Gasteiger partial charge on any atom is -0.329 e. The van der Waals surface area contributed by atoms with Gasteiger partial charge in [-0.2, -0.15) is 0 Å². The van der Waals surface area contributed by atoms with Crippen LogP contribution in [0.5, 0.6) is 0 Å². The minimum absolute atomic E-state index is 0.309. The Bertz CT molecular complexity index is 312. The summed E-state index contributed by atoms with van der Waals surface area (Å²) in [6, 6.07) is 0.861. The van der Waals surface area contributed by atoms with Gasteiger partial charge in [-0.1, -0.05) is 33.1 Å². The van der Waals surface area contributed by atoms with Crippen LogP contribution < -0.4 is 5.73 Å². The third kappa shape index (κ3) is 1.68. The van der Waals surface area contributed by atoms with Crippen LogP contribution in [0.25, 0.3) is 0 Å². The summed E-state index contributed by atoms with van der Waals surface area (Å²) in [4.78, 5) is 2.88. The lowest BCUT2D eigenvalue weighted by Gasteiger charge is -2.51. The van der Waals surface area contributed by atoms with Gasteiger partial charge in [-0.05, 0) is 50.0 Å². The van der Waals surface area contributed by atoms with E-state index in [0.717, 1.165) is 18.5 Å². The van der Waals surface area contributed by atoms with Crippen molar-refractivity contribution < 1.29 is 0 Å². The van der Waals surface area contributed by atoms with Gasteiger partial charge in [0.05, 0.1) is 0 Å². The van der Waals surface area contributed by atoms with E-state index in [4.69, 9.17) is 5.73 Å². The molecule has 3 unspecified atom stereocenters. The first-order chi connectivity index (χ1) is 8.61.